The number of halogens is 1. The van der Waals surface area contributed by atoms with Gasteiger partial charge in [0.25, 0.3) is 5.91 Å². The van der Waals surface area contributed by atoms with Gasteiger partial charge in [0.1, 0.15) is 0 Å². The Hall–Kier alpha value is -2.54. The SMILES string of the molecule is COc1cc(/C=N/NC(=O)c2nn(C)cc2Cl)ccc1O. The van der Waals surface area contributed by atoms with Gasteiger partial charge in [0.15, 0.2) is 17.2 Å². The fourth-order valence-corrected chi connectivity index (χ4v) is 1.87. The summed E-state index contributed by atoms with van der Waals surface area (Å²) in [6.07, 6.45) is 2.93. The van der Waals surface area contributed by atoms with Crippen LogP contribution in [0.15, 0.2) is 29.5 Å². The molecule has 0 radical (unpaired) electrons. The molecule has 0 atom stereocenters. The molecular formula is C13H13ClN4O3. The number of hydrogen-bond donors (Lipinski definition) is 2. The first-order valence-corrected chi connectivity index (χ1v) is 6.28. The number of hydrogen-bond acceptors (Lipinski definition) is 5. The predicted octanol–water partition coefficient (Wildman–Crippen LogP) is 1.55. The van der Waals surface area contributed by atoms with E-state index in [1.165, 1.54) is 30.3 Å². The number of hydrazone groups is 1. The second kappa shape index (κ2) is 6.27. The molecular weight excluding hydrogens is 296 g/mol. The van der Waals surface area contributed by atoms with Crippen LogP contribution in [-0.2, 0) is 7.05 Å². The molecule has 0 bridgehead atoms. The Morgan fingerprint density at radius 2 is 2.33 bits per heavy atom. The van der Waals surface area contributed by atoms with Crippen LogP contribution in [0.5, 0.6) is 11.5 Å². The van der Waals surface area contributed by atoms with Crippen LogP contribution in [-0.4, -0.2) is 34.1 Å². The molecule has 0 fully saturated rings. The number of nitrogens with zero attached hydrogens (tertiary/aromatic N) is 3. The van der Waals surface area contributed by atoms with E-state index in [4.69, 9.17) is 16.3 Å². The standard InChI is InChI=1S/C13H13ClN4O3/c1-18-7-9(14)12(17-18)13(20)16-15-6-8-3-4-10(19)11(5-8)21-2/h3-7,19H,1-2H3,(H,16,20)/b15-6+. The fraction of sp³-hybridized carbons (Fsp3) is 0.154. The van der Waals surface area contributed by atoms with Crippen LogP contribution in [0.1, 0.15) is 16.1 Å². The predicted molar refractivity (Wildman–Crippen MR) is 77.9 cm³/mol. The summed E-state index contributed by atoms with van der Waals surface area (Å²) in [7, 11) is 3.11. The Morgan fingerprint density at radius 1 is 1.57 bits per heavy atom. The number of rotatable bonds is 4. The number of ether oxygens (including phenoxy) is 1. The Bertz CT molecular complexity index is 697. The lowest BCUT2D eigenvalue weighted by Gasteiger charge is -2.03. The number of phenolic OH excluding ortho intramolecular Hbond substituents is 1. The zero-order chi connectivity index (χ0) is 15.4. The van der Waals surface area contributed by atoms with E-state index in [0.29, 0.717) is 11.3 Å². The Balaban J connectivity index is 2.05. The maximum absolute atomic E-state index is 11.8. The van der Waals surface area contributed by atoms with Gasteiger partial charge in [-0.25, -0.2) is 5.43 Å². The van der Waals surface area contributed by atoms with Gasteiger partial charge in [0.2, 0.25) is 0 Å². The van der Waals surface area contributed by atoms with Gasteiger partial charge in [-0.05, 0) is 23.8 Å². The number of amides is 1. The van der Waals surface area contributed by atoms with Crippen LogP contribution in [0.4, 0.5) is 0 Å². The minimum absolute atomic E-state index is 0.0268. The molecule has 1 amide bonds. The summed E-state index contributed by atoms with van der Waals surface area (Å²) in [4.78, 5) is 11.8. The van der Waals surface area contributed by atoms with Crippen molar-refractivity contribution < 1.29 is 14.6 Å². The minimum atomic E-state index is -0.511. The summed E-state index contributed by atoms with van der Waals surface area (Å²) in [5.41, 5.74) is 3.07. The average molecular weight is 309 g/mol. The number of methoxy groups -OCH3 is 1. The Labute approximate surface area is 125 Å². The van der Waals surface area contributed by atoms with Crippen LogP contribution in [0.25, 0.3) is 0 Å². The highest BCUT2D eigenvalue weighted by Crippen LogP contribution is 2.25. The summed E-state index contributed by atoms with van der Waals surface area (Å²) in [6.45, 7) is 0. The molecule has 2 aromatic rings. The van der Waals surface area contributed by atoms with E-state index in [1.54, 1.807) is 19.2 Å². The Kier molecular flexibility index (Phi) is 4.44. The quantitative estimate of drug-likeness (QED) is 0.662. The molecule has 1 heterocycles. The van der Waals surface area contributed by atoms with E-state index in [-0.39, 0.29) is 16.5 Å². The van der Waals surface area contributed by atoms with E-state index in [2.05, 4.69) is 15.6 Å². The summed E-state index contributed by atoms with van der Waals surface area (Å²) in [6, 6.07) is 4.68. The van der Waals surface area contributed by atoms with Gasteiger partial charge < -0.3 is 9.84 Å². The number of aryl methyl sites for hydroxylation is 1. The molecule has 0 aliphatic heterocycles. The lowest BCUT2D eigenvalue weighted by atomic mass is 10.2. The van der Waals surface area contributed by atoms with Gasteiger partial charge >= 0.3 is 0 Å². The molecule has 2 N–H and O–H groups in total. The molecule has 1 aromatic carbocycles. The van der Waals surface area contributed by atoms with Gasteiger partial charge in [-0.15, -0.1) is 0 Å². The monoisotopic (exact) mass is 308 g/mol. The molecule has 2 rings (SSSR count). The third-order valence-corrected chi connectivity index (χ3v) is 2.86. The fourth-order valence-electron chi connectivity index (χ4n) is 1.61. The zero-order valence-corrected chi connectivity index (χ0v) is 12.1. The average Bonchev–Trinajstić information content (AvgIpc) is 2.79. The van der Waals surface area contributed by atoms with E-state index >= 15 is 0 Å². The van der Waals surface area contributed by atoms with Crippen LogP contribution in [0.2, 0.25) is 5.02 Å². The van der Waals surface area contributed by atoms with Crippen LogP contribution in [0, 0.1) is 0 Å². The van der Waals surface area contributed by atoms with Crippen molar-refractivity contribution in [1.82, 2.24) is 15.2 Å². The number of aromatic hydroxyl groups is 1. The van der Waals surface area contributed by atoms with Crippen molar-refractivity contribution in [1.29, 1.82) is 0 Å². The second-order valence-electron chi connectivity index (χ2n) is 4.13. The largest absolute Gasteiger partial charge is 0.504 e. The first kappa shape index (κ1) is 14.9. The lowest BCUT2D eigenvalue weighted by Crippen LogP contribution is -2.18. The summed E-state index contributed by atoms with van der Waals surface area (Å²) in [5.74, 6) is -0.167. The van der Waals surface area contributed by atoms with Gasteiger partial charge in [0, 0.05) is 13.2 Å². The molecule has 0 spiro atoms. The van der Waals surface area contributed by atoms with E-state index in [9.17, 15) is 9.90 Å². The van der Waals surface area contributed by atoms with Crippen molar-refractivity contribution in [2.45, 2.75) is 0 Å². The van der Waals surface area contributed by atoms with Crippen molar-refractivity contribution in [3.8, 4) is 11.5 Å². The number of carbonyl (C=O) groups is 1. The molecule has 0 saturated carbocycles. The maximum atomic E-state index is 11.8. The molecule has 8 heteroatoms. The van der Waals surface area contributed by atoms with Crippen molar-refractivity contribution in [3.05, 3.63) is 40.7 Å². The molecule has 0 saturated heterocycles. The molecule has 7 nitrogen and oxygen atoms in total. The topological polar surface area (TPSA) is 88.7 Å². The minimum Gasteiger partial charge on any atom is -0.504 e. The van der Waals surface area contributed by atoms with Crippen LogP contribution >= 0.6 is 11.6 Å². The molecule has 0 unspecified atom stereocenters. The number of aromatic nitrogens is 2. The second-order valence-corrected chi connectivity index (χ2v) is 4.54. The smallest absolute Gasteiger partial charge is 0.293 e. The number of benzene rings is 1. The summed E-state index contributed by atoms with van der Waals surface area (Å²) >= 11 is 5.85. The first-order chi connectivity index (χ1) is 10.0. The van der Waals surface area contributed by atoms with E-state index in [0.717, 1.165) is 0 Å². The normalized spacial score (nSPS) is 10.8. The maximum Gasteiger partial charge on any atom is 0.293 e. The van der Waals surface area contributed by atoms with Gasteiger partial charge in [-0.2, -0.15) is 10.2 Å². The molecule has 1 aromatic heterocycles. The van der Waals surface area contributed by atoms with Gasteiger partial charge in [-0.1, -0.05) is 11.6 Å². The van der Waals surface area contributed by atoms with Gasteiger partial charge in [0.05, 0.1) is 18.3 Å². The van der Waals surface area contributed by atoms with Crippen molar-refractivity contribution >= 4 is 23.7 Å². The van der Waals surface area contributed by atoms with Crippen molar-refractivity contribution in [3.63, 3.8) is 0 Å². The van der Waals surface area contributed by atoms with E-state index < -0.39 is 5.91 Å². The number of carbonyl (C=O) groups excluding carboxylic acids is 1. The van der Waals surface area contributed by atoms with E-state index in [1.807, 2.05) is 0 Å². The highest BCUT2D eigenvalue weighted by atomic mass is 35.5. The summed E-state index contributed by atoms with van der Waals surface area (Å²) < 4.78 is 6.41. The van der Waals surface area contributed by atoms with Crippen LogP contribution < -0.4 is 10.2 Å². The zero-order valence-electron chi connectivity index (χ0n) is 11.4. The van der Waals surface area contributed by atoms with Crippen LogP contribution in [0.3, 0.4) is 0 Å². The summed E-state index contributed by atoms with van der Waals surface area (Å²) in [5, 5.41) is 17.4. The molecule has 21 heavy (non-hydrogen) atoms. The highest BCUT2D eigenvalue weighted by molar-refractivity contribution is 6.33. The lowest BCUT2D eigenvalue weighted by molar-refractivity contribution is 0.0949. The van der Waals surface area contributed by atoms with Crippen molar-refractivity contribution in [2.24, 2.45) is 12.1 Å². The third kappa shape index (κ3) is 3.51. The van der Waals surface area contributed by atoms with Crippen molar-refractivity contribution in [2.75, 3.05) is 7.11 Å². The molecule has 110 valence electrons. The third-order valence-electron chi connectivity index (χ3n) is 2.58. The Morgan fingerprint density at radius 3 is 2.95 bits per heavy atom. The highest BCUT2D eigenvalue weighted by Gasteiger charge is 2.13. The molecule has 0 aliphatic rings. The number of nitrogens with one attached hydrogen (secondary N) is 1. The number of phenols is 1. The molecule has 0 aliphatic carbocycles. The van der Waals surface area contributed by atoms with Gasteiger partial charge in [-0.3, -0.25) is 9.48 Å². The first-order valence-electron chi connectivity index (χ1n) is 5.91.